The summed E-state index contributed by atoms with van der Waals surface area (Å²) in [5.74, 6) is -0.861. The van der Waals surface area contributed by atoms with Gasteiger partial charge in [-0.05, 0) is 49.4 Å². The third-order valence-electron chi connectivity index (χ3n) is 4.63. The van der Waals surface area contributed by atoms with E-state index in [-0.39, 0.29) is 11.6 Å². The van der Waals surface area contributed by atoms with Gasteiger partial charge >= 0.3 is 11.8 Å². The van der Waals surface area contributed by atoms with E-state index in [4.69, 9.17) is 44.3 Å². The van der Waals surface area contributed by atoms with Crippen LogP contribution in [-0.2, 0) is 16.2 Å². The number of rotatable bonds is 7. The summed E-state index contributed by atoms with van der Waals surface area (Å²) < 4.78 is 11.3. The van der Waals surface area contributed by atoms with Crippen molar-refractivity contribution in [2.75, 3.05) is 12.4 Å². The zero-order chi connectivity index (χ0) is 24.7. The van der Waals surface area contributed by atoms with Crippen LogP contribution in [0.4, 0.5) is 5.69 Å². The van der Waals surface area contributed by atoms with Crippen molar-refractivity contribution in [2.24, 2.45) is 5.10 Å². The molecule has 2 N–H and O–H groups in total. The number of amides is 2. The minimum Gasteiger partial charge on any atom is -0.493 e. The second-order valence-corrected chi connectivity index (χ2v) is 8.19. The second-order valence-electron chi connectivity index (χ2n) is 6.97. The summed E-state index contributed by atoms with van der Waals surface area (Å²) in [7, 11) is 1.52. The molecule has 3 aromatic carbocycles. The number of hydrogen-bond donors (Lipinski definition) is 2. The van der Waals surface area contributed by atoms with Gasteiger partial charge in [0, 0.05) is 21.8 Å². The van der Waals surface area contributed by atoms with Gasteiger partial charge in [0.25, 0.3) is 0 Å². The highest BCUT2D eigenvalue weighted by atomic mass is 35.5. The Morgan fingerprint density at radius 1 is 0.882 bits per heavy atom. The molecule has 0 spiro atoms. The van der Waals surface area contributed by atoms with E-state index in [0.29, 0.717) is 38.5 Å². The Bertz CT molecular complexity index is 1250. The summed E-state index contributed by atoms with van der Waals surface area (Å²) in [5, 5.41) is 7.61. The van der Waals surface area contributed by atoms with Crippen LogP contribution in [0, 0.1) is 0 Å². The highest BCUT2D eigenvalue weighted by molar-refractivity contribution is 6.43. The predicted octanol–water partition coefficient (Wildman–Crippen LogP) is 5.71. The number of hydrazone groups is 1. The Kier molecular flexibility index (Phi) is 8.76. The van der Waals surface area contributed by atoms with Gasteiger partial charge in [0.05, 0.1) is 22.9 Å². The minimum absolute atomic E-state index is 0.252. The maximum absolute atomic E-state index is 12.1. The molecule has 0 aliphatic carbocycles. The first-order valence-electron chi connectivity index (χ1n) is 9.93. The average Bonchev–Trinajstić information content (AvgIpc) is 2.84. The molecule has 0 aliphatic heterocycles. The van der Waals surface area contributed by atoms with E-state index < -0.39 is 11.8 Å². The van der Waals surface area contributed by atoms with Crippen LogP contribution in [0.1, 0.15) is 18.1 Å². The highest BCUT2D eigenvalue weighted by Gasteiger charge is 2.15. The lowest BCUT2D eigenvalue weighted by atomic mass is 10.1. The fraction of sp³-hybridized carbons (Fsp3) is 0.125. The number of nitrogens with one attached hydrogen (secondary N) is 2. The molecule has 0 aromatic heterocycles. The number of carbonyl (C=O) groups is 2. The first-order chi connectivity index (χ1) is 16.3. The maximum Gasteiger partial charge on any atom is 0.329 e. The summed E-state index contributed by atoms with van der Waals surface area (Å²) >= 11 is 17.9. The molecule has 0 bridgehead atoms. The minimum atomic E-state index is -0.947. The normalized spacial score (nSPS) is 11.0. The molecule has 7 nitrogen and oxygen atoms in total. The summed E-state index contributed by atoms with van der Waals surface area (Å²) in [5.41, 5.74) is 4.50. The van der Waals surface area contributed by atoms with Crippen LogP contribution in [0.25, 0.3) is 0 Å². The Balaban J connectivity index is 1.63. The molecule has 34 heavy (non-hydrogen) atoms. The topological polar surface area (TPSA) is 89.0 Å². The summed E-state index contributed by atoms with van der Waals surface area (Å²) in [6.45, 7) is 1.95. The lowest BCUT2D eigenvalue weighted by Crippen LogP contribution is -2.32. The van der Waals surface area contributed by atoms with Crippen molar-refractivity contribution < 1.29 is 19.1 Å². The van der Waals surface area contributed by atoms with Crippen LogP contribution < -0.4 is 20.2 Å². The van der Waals surface area contributed by atoms with Gasteiger partial charge in [-0.25, -0.2) is 5.43 Å². The van der Waals surface area contributed by atoms with Crippen LogP contribution >= 0.6 is 34.8 Å². The lowest BCUT2D eigenvalue weighted by molar-refractivity contribution is -0.136. The summed E-state index contributed by atoms with van der Waals surface area (Å²) in [4.78, 5) is 24.2. The number of benzene rings is 3. The third kappa shape index (κ3) is 6.63. The van der Waals surface area contributed by atoms with Gasteiger partial charge in [0.2, 0.25) is 0 Å². The van der Waals surface area contributed by atoms with Crippen molar-refractivity contribution in [1.82, 2.24) is 5.43 Å². The fourth-order valence-electron chi connectivity index (χ4n) is 2.79. The van der Waals surface area contributed by atoms with Crippen molar-refractivity contribution in [3.63, 3.8) is 0 Å². The van der Waals surface area contributed by atoms with E-state index in [2.05, 4.69) is 15.8 Å². The van der Waals surface area contributed by atoms with Crippen molar-refractivity contribution in [3.8, 4) is 11.5 Å². The van der Waals surface area contributed by atoms with Crippen molar-refractivity contribution in [1.29, 1.82) is 0 Å². The van der Waals surface area contributed by atoms with E-state index >= 15 is 0 Å². The third-order valence-corrected chi connectivity index (χ3v) is 5.74. The van der Waals surface area contributed by atoms with Gasteiger partial charge in [0.15, 0.2) is 11.5 Å². The standard InChI is InChI=1S/C24H20Cl3N3O4/c1-14(29-30-24(32)23(31)28-17-8-9-19(26)20(27)12-17)15-7-10-21(22(11-15)33-2)34-13-16-5-3-4-6-18(16)25/h3-12H,13H2,1-2H3,(H,28,31)(H,30,32). The van der Waals surface area contributed by atoms with E-state index in [0.717, 1.165) is 5.56 Å². The summed E-state index contributed by atoms with van der Waals surface area (Å²) in [6.07, 6.45) is 0. The fourth-order valence-corrected chi connectivity index (χ4v) is 3.28. The van der Waals surface area contributed by atoms with Gasteiger partial charge in [-0.2, -0.15) is 5.10 Å². The first-order valence-corrected chi connectivity index (χ1v) is 11.1. The first kappa shape index (κ1) is 25.4. The van der Waals surface area contributed by atoms with Crippen molar-refractivity contribution >= 4 is 58.0 Å². The number of methoxy groups -OCH3 is 1. The molecule has 10 heteroatoms. The Morgan fingerprint density at radius 2 is 1.65 bits per heavy atom. The van der Waals surface area contributed by atoms with Gasteiger partial charge in [0.1, 0.15) is 6.61 Å². The molecule has 0 atom stereocenters. The number of ether oxygens (including phenoxy) is 2. The Morgan fingerprint density at radius 3 is 2.35 bits per heavy atom. The van der Waals surface area contributed by atoms with E-state index in [9.17, 15) is 9.59 Å². The number of carbonyl (C=O) groups excluding carboxylic acids is 2. The van der Waals surface area contributed by atoms with Gasteiger partial charge in [-0.3, -0.25) is 9.59 Å². The molecule has 0 saturated carbocycles. The quantitative estimate of drug-likeness (QED) is 0.237. The predicted molar refractivity (Wildman–Crippen MR) is 134 cm³/mol. The molecule has 0 fully saturated rings. The molecule has 0 aliphatic rings. The molecule has 0 unspecified atom stereocenters. The molecule has 0 heterocycles. The number of hydrogen-bond acceptors (Lipinski definition) is 5. The zero-order valence-electron chi connectivity index (χ0n) is 18.2. The number of halogens is 3. The molecule has 0 radical (unpaired) electrons. The highest BCUT2D eigenvalue weighted by Crippen LogP contribution is 2.30. The number of anilines is 1. The van der Waals surface area contributed by atoms with Gasteiger partial charge in [-0.15, -0.1) is 0 Å². The van der Waals surface area contributed by atoms with Crippen molar-refractivity contribution in [3.05, 3.63) is 86.9 Å². The Hall–Kier alpha value is -3.26. The largest absolute Gasteiger partial charge is 0.493 e. The van der Waals surface area contributed by atoms with E-state index in [1.807, 2.05) is 18.2 Å². The van der Waals surface area contributed by atoms with E-state index in [1.165, 1.54) is 25.3 Å². The molecule has 3 aromatic rings. The van der Waals surface area contributed by atoms with Crippen molar-refractivity contribution in [2.45, 2.75) is 13.5 Å². The van der Waals surface area contributed by atoms with Crippen LogP contribution in [0.5, 0.6) is 11.5 Å². The van der Waals surface area contributed by atoms with E-state index in [1.54, 1.807) is 31.2 Å². The Labute approximate surface area is 211 Å². The lowest BCUT2D eigenvalue weighted by Gasteiger charge is -2.13. The molecular formula is C24H20Cl3N3O4. The SMILES string of the molecule is COc1cc(C(C)=NNC(=O)C(=O)Nc2ccc(Cl)c(Cl)c2)ccc1OCc1ccccc1Cl. The van der Waals surface area contributed by atoms with Crippen LogP contribution in [0.3, 0.4) is 0 Å². The average molecular weight is 521 g/mol. The molecule has 176 valence electrons. The molecule has 3 rings (SSSR count). The van der Waals surface area contributed by atoms with Gasteiger partial charge in [-0.1, -0.05) is 53.0 Å². The molecule has 2 amide bonds. The zero-order valence-corrected chi connectivity index (χ0v) is 20.5. The van der Waals surface area contributed by atoms with Crippen LogP contribution in [0.2, 0.25) is 15.1 Å². The maximum atomic E-state index is 12.1. The summed E-state index contributed by atoms with van der Waals surface area (Å²) in [6, 6.07) is 17.1. The number of nitrogens with zero attached hydrogens (tertiary/aromatic N) is 1. The smallest absolute Gasteiger partial charge is 0.329 e. The van der Waals surface area contributed by atoms with Gasteiger partial charge < -0.3 is 14.8 Å². The van der Waals surface area contributed by atoms with Crippen LogP contribution in [0.15, 0.2) is 65.8 Å². The molecular weight excluding hydrogens is 501 g/mol. The monoisotopic (exact) mass is 519 g/mol. The van der Waals surface area contributed by atoms with Crippen LogP contribution in [-0.4, -0.2) is 24.6 Å². The second kappa shape index (κ2) is 11.7. The molecule has 0 saturated heterocycles.